The summed E-state index contributed by atoms with van der Waals surface area (Å²) in [6.07, 6.45) is 2.66. The molecule has 0 aliphatic carbocycles. The number of hydrogen-bond donors (Lipinski definition) is 3. The van der Waals surface area contributed by atoms with Crippen LogP contribution in [0.25, 0.3) is 5.69 Å². The molecule has 0 aliphatic heterocycles. The van der Waals surface area contributed by atoms with E-state index in [0.717, 1.165) is 0 Å². The summed E-state index contributed by atoms with van der Waals surface area (Å²) in [5.74, 6) is -1.02. The number of amidine groups is 1. The molecule has 0 aliphatic rings. The first-order chi connectivity index (χ1) is 9.61. The number of benzene rings is 1. The number of hydrazone groups is 1. The molecular formula is C11H9FN8. The van der Waals surface area contributed by atoms with Crippen LogP contribution in [-0.2, 0) is 0 Å². The van der Waals surface area contributed by atoms with Gasteiger partial charge in [-0.15, -0.1) is 0 Å². The Hall–Kier alpha value is -3.28. The lowest BCUT2D eigenvalue weighted by molar-refractivity contribution is 0.611. The highest BCUT2D eigenvalue weighted by Gasteiger charge is 2.07. The van der Waals surface area contributed by atoms with E-state index in [2.05, 4.69) is 20.6 Å². The molecule has 0 unspecified atom stereocenters. The van der Waals surface area contributed by atoms with Gasteiger partial charge in [0.25, 0.3) is 0 Å². The number of nitrogens with zero attached hydrogens (tertiary/aromatic N) is 5. The molecule has 20 heavy (non-hydrogen) atoms. The van der Waals surface area contributed by atoms with E-state index in [1.165, 1.54) is 29.5 Å². The lowest BCUT2D eigenvalue weighted by Gasteiger charge is -2.05. The SMILES string of the molecule is N#C/C(=N\Nc1ccc(-n2cncn2)c(F)c1)C(=N)N. The first-order valence-corrected chi connectivity index (χ1v) is 5.34. The van der Waals surface area contributed by atoms with Crippen LogP contribution in [0.4, 0.5) is 10.1 Å². The molecule has 1 aromatic heterocycles. The minimum atomic E-state index is -0.544. The van der Waals surface area contributed by atoms with Crippen LogP contribution < -0.4 is 11.2 Å². The van der Waals surface area contributed by atoms with Gasteiger partial charge in [-0.1, -0.05) is 0 Å². The zero-order valence-electron chi connectivity index (χ0n) is 10.1. The monoisotopic (exact) mass is 272 g/mol. The van der Waals surface area contributed by atoms with Crippen LogP contribution in [0.15, 0.2) is 36.0 Å². The van der Waals surface area contributed by atoms with Crippen molar-refractivity contribution in [1.82, 2.24) is 14.8 Å². The lowest BCUT2D eigenvalue weighted by Crippen LogP contribution is -2.21. The predicted molar refractivity (Wildman–Crippen MR) is 69.9 cm³/mol. The molecule has 0 amide bonds. The third-order valence-electron chi connectivity index (χ3n) is 2.27. The van der Waals surface area contributed by atoms with Crippen LogP contribution in [-0.4, -0.2) is 26.3 Å². The maximum atomic E-state index is 13.9. The van der Waals surface area contributed by atoms with E-state index in [9.17, 15) is 4.39 Å². The van der Waals surface area contributed by atoms with Crippen molar-refractivity contribution in [3.63, 3.8) is 0 Å². The number of nitriles is 1. The first kappa shape index (κ1) is 13.2. The van der Waals surface area contributed by atoms with Crippen LogP contribution in [0.5, 0.6) is 0 Å². The highest BCUT2D eigenvalue weighted by atomic mass is 19.1. The average molecular weight is 272 g/mol. The third-order valence-corrected chi connectivity index (χ3v) is 2.27. The summed E-state index contributed by atoms with van der Waals surface area (Å²) in [6, 6.07) is 5.83. The van der Waals surface area contributed by atoms with E-state index in [0.29, 0.717) is 5.69 Å². The van der Waals surface area contributed by atoms with Crippen LogP contribution in [0.3, 0.4) is 0 Å². The van der Waals surface area contributed by atoms with Gasteiger partial charge in [-0.05, 0) is 12.1 Å². The Labute approximate surface area is 112 Å². The van der Waals surface area contributed by atoms with Crippen molar-refractivity contribution in [3.8, 4) is 11.8 Å². The Balaban J connectivity index is 2.23. The zero-order chi connectivity index (χ0) is 14.5. The summed E-state index contributed by atoms with van der Waals surface area (Å²) in [5, 5.41) is 23.2. The van der Waals surface area contributed by atoms with Crippen molar-refractivity contribution >= 4 is 17.2 Å². The number of rotatable bonds is 4. The van der Waals surface area contributed by atoms with Crippen LogP contribution >= 0.6 is 0 Å². The number of anilines is 1. The fourth-order valence-corrected chi connectivity index (χ4v) is 1.36. The van der Waals surface area contributed by atoms with Gasteiger partial charge in [-0.25, -0.2) is 14.1 Å². The van der Waals surface area contributed by atoms with Gasteiger partial charge >= 0.3 is 0 Å². The van der Waals surface area contributed by atoms with Gasteiger partial charge in [0.15, 0.2) is 11.7 Å². The van der Waals surface area contributed by atoms with E-state index in [1.54, 1.807) is 12.1 Å². The molecule has 4 N–H and O–H groups in total. The van der Waals surface area contributed by atoms with E-state index in [4.69, 9.17) is 16.4 Å². The summed E-state index contributed by atoms with van der Waals surface area (Å²) < 4.78 is 15.1. The van der Waals surface area contributed by atoms with E-state index in [-0.39, 0.29) is 11.4 Å². The van der Waals surface area contributed by atoms with Gasteiger partial charge in [-0.3, -0.25) is 10.8 Å². The van der Waals surface area contributed by atoms with Gasteiger partial charge < -0.3 is 5.73 Å². The molecule has 100 valence electrons. The van der Waals surface area contributed by atoms with Crippen molar-refractivity contribution in [2.24, 2.45) is 10.8 Å². The first-order valence-electron chi connectivity index (χ1n) is 5.34. The molecule has 1 aromatic carbocycles. The van der Waals surface area contributed by atoms with Gasteiger partial charge in [0.05, 0.1) is 5.69 Å². The van der Waals surface area contributed by atoms with Crippen molar-refractivity contribution in [1.29, 1.82) is 10.7 Å². The predicted octanol–water partition coefficient (Wildman–Crippen LogP) is 0.634. The van der Waals surface area contributed by atoms with Gasteiger partial charge in [0.2, 0.25) is 5.71 Å². The molecule has 8 nitrogen and oxygen atoms in total. The standard InChI is InChI=1S/C11H9FN8/c12-8-3-7(18-19-9(4-13)11(14)15)1-2-10(8)20-6-16-5-17-20/h1-3,5-6,18H,(H3,14,15)/b19-9+. The van der Waals surface area contributed by atoms with Crippen molar-refractivity contribution in [3.05, 3.63) is 36.7 Å². The fraction of sp³-hybridized carbons (Fsp3) is 0. The summed E-state index contributed by atoms with van der Waals surface area (Å²) in [5.41, 5.74) is 7.82. The molecular weight excluding hydrogens is 263 g/mol. The molecule has 0 fully saturated rings. The number of nitrogens with one attached hydrogen (secondary N) is 2. The van der Waals surface area contributed by atoms with Gasteiger partial charge in [-0.2, -0.15) is 15.5 Å². The maximum absolute atomic E-state index is 13.9. The highest BCUT2D eigenvalue weighted by Crippen LogP contribution is 2.17. The molecule has 0 spiro atoms. The number of hydrogen-bond acceptors (Lipinski definition) is 6. The van der Waals surface area contributed by atoms with Crippen LogP contribution in [0.1, 0.15) is 0 Å². The quantitative estimate of drug-likeness (QED) is 0.427. The second-order valence-corrected chi connectivity index (χ2v) is 3.60. The van der Waals surface area contributed by atoms with E-state index in [1.807, 2.05) is 0 Å². The molecule has 0 saturated carbocycles. The third kappa shape index (κ3) is 2.75. The smallest absolute Gasteiger partial charge is 0.201 e. The van der Waals surface area contributed by atoms with Crippen LogP contribution in [0, 0.1) is 22.6 Å². The number of nitrogens with two attached hydrogens (primary N) is 1. The van der Waals surface area contributed by atoms with Crippen molar-refractivity contribution < 1.29 is 4.39 Å². The molecule has 1 heterocycles. The minimum absolute atomic E-state index is 0.226. The molecule has 0 radical (unpaired) electrons. The largest absolute Gasteiger partial charge is 0.382 e. The molecule has 2 aromatic rings. The Morgan fingerprint density at radius 1 is 1.55 bits per heavy atom. The maximum Gasteiger partial charge on any atom is 0.201 e. The van der Waals surface area contributed by atoms with Crippen molar-refractivity contribution in [2.75, 3.05) is 5.43 Å². The van der Waals surface area contributed by atoms with E-state index >= 15 is 0 Å². The van der Waals surface area contributed by atoms with E-state index < -0.39 is 11.7 Å². The second kappa shape index (κ2) is 5.57. The lowest BCUT2D eigenvalue weighted by atomic mass is 10.2. The van der Waals surface area contributed by atoms with Crippen LogP contribution in [0.2, 0.25) is 0 Å². The molecule has 9 heteroatoms. The minimum Gasteiger partial charge on any atom is -0.382 e. The Morgan fingerprint density at radius 2 is 2.35 bits per heavy atom. The Kier molecular flexibility index (Phi) is 3.67. The summed E-state index contributed by atoms with van der Waals surface area (Å²) >= 11 is 0. The van der Waals surface area contributed by atoms with Crippen molar-refractivity contribution in [2.45, 2.75) is 0 Å². The average Bonchev–Trinajstić information content (AvgIpc) is 2.93. The summed E-state index contributed by atoms with van der Waals surface area (Å²) in [4.78, 5) is 3.73. The van der Waals surface area contributed by atoms with Gasteiger partial charge in [0.1, 0.15) is 24.4 Å². The van der Waals surface area contributed by atoms with Gasteiger partial charge in [0, 0.05) is 6.07 Å². The second-order valence-electron chi connectivity index (χ2n) is 3.60. The zero-order valence-corrected chi connectivity index (χ0v) is 10.1. The molecule has 0 saturated heterocycles. The summed E-state index contributed by atoms with van der Waals surface area (Å²) in [6.45, 7) is 0. The Morgan fingerprint density at radius 3 is 2.90 bits per heavy atom. The Bertz CT molecular complexity index is 698. The normalized spacial score (nSPS) is 10.9. The number of halogens is 1. The topological polar surface area (TPSA) is 129 Å². The highest BCUT2D eigenvalue weighted by molar-refractivity contribution is 6.45. The number of aromatic nitrogens is 3. The molecule has 0 atom stereocenters. The molecule has 2 rings (SSSR count). The molecule has 0 bridgehead atoms. The summed E-state index contributed by atoms with van der Waals surface area (Å²) in [7, 11) is 0. The fourth-order valence-electron chi connectivity index (χ4n) is 1.36.